The summed E-state index contributed by atoms with van der Waals surface area (Å²) < 4.78 is 13.0. The molecule has 0 heterocycles. The van der Waals surface area contributed by atoms with Crippen LogP contribution in [0, 0.1) is 11.2 Å². The second-order valence-corrected chi connectivity index (χ2v) is 4.95. The highest BCUT2D eigenvalue weighted by Crippen LogP contribution is 2.13. The summed E-state index contributed by atoms with van der Waals surface area (Å²) in [5.41, 5.74) is 5.46. The lowest BCUT2D eigenvalue weighted by atomic mass is 9.92. The lowest BCUT2D eigenvalue weighted by Crippen LogP contribution is -2.43. The zero-order valence-electron chi connectivity index (χ0n) is 11.0. The predicted molar refractivity (Wildman–Crippen MR) is 70.3 cm³/mol. The molecule has 0 aromatic heterocycles. The Morgan fingerprint density at radius 3 is 2.79 bits per heavy atom. The fraction of sp³-hybridized carbons (Fsp3) is 0.385. The average Bonchev–Trinajstić information content (AvgIpc) is 2.35. The standard InChI is InChI=1S/C13H18FN3O2/c1-13(2,12(15)17-19)8-16-11(18)7-9-4-3-5-10(14)6-9/h3-6,19H,7-8H2,1-2H3,(H2,15,17)(H,16,18). The third-order valence-corrected chi connectivity index (χ3v) is 2.78. The van der Waals surface area contributed by atoms with Crippen LogP contribution >= 0.6 is 0 Å². The van der Waals surface area contributed by atoms with Gasteiger partial charge in [-0.15, -0.1) is 0 Å². The van der Waals surface area contributed by atoms with Crippen molar-refractivity contribution in [2.75, 3.05) is 6.54 Å². The maximum absolute atomic E-state index is 13.0. The number of carbonyl (C=O) groups excluding carboxylic acids is 1. The van der Waals surface area contributed by atoms with Gasteiger partial charge in [0.25, 0.3) is 0 Å². The zero-order valence-corrected chi connectivity index (χ0v) is 11.0. The Labute approximate surface area is 111 Å². The average molecular weight is 267 g/mol. The number of nitrogens with zero attached hydrogens (tertiary/aromatic N) is 1. The summed E-state index contributed by atoms with van der Waals surface area (Å²) in [4.78, 5) is 11.7. The Morgan fingerprint density at radius 1 is 1.53 bits per heavy atom. The third kappa shape index (κ3) is 4.57. The third-order valence-electron chi connectivity index (χ3n) is 2.78. The highest BCUT2D eigenvalue weighted by atomic mass is 19.1. The smallest absolute Gasteiger partial charge is 0.224 e. The Hall–Kier alpha value is -2.11. The van der Waals surface area contributed by atoms with Gasteiger partial charge in [0, 0.05) is 12.0 Å². The highest BCUT2D eigenvalue weighted by Gasteiger charge is 2.24. The van der Waals surface area contributed by atoms with Gasteiger partial charge in [-0.2, -0.15) is 0 Å². The van der Waals surface area contributed by atoms with Crippen LogP contribution in [0.2, 0.25) is 0 Å². The lowest BCUT2D eigenvalue weighted by molar-refractivity contribution is -0.120. The van der Waals surface area contributed by atoms with Crippen molar-refractivity contribution in [2.24, 2.45) is 16.3 Å². The van der Waals surface area contributed by atoms with Crippen LogP contribution in [-0.4, -0.2) is 23.5 Å². The van der Waals surface area contributed by atoms with E-state index in [-0.39, 0.29) is 30.5 Å². The molecule has 1 amide bonds. The van der Waals surface area contributed by atoms with Gasteiger partial charge in [-0.25, -0.2) is 4.39 Å². The fourth-order valence-electron chi connectivity index (χ4n) is 1.44. The van der Waals surface area contributed by atoms with Gasteiger partial charge in [-0.3, -0.25) is 4.79 Å². The van der Waals surface area contributed by atoms with Gasteiger partial charge in [-0.1, -0.05) is 31.1 Å². The van der Waals surface area contributed by atoms with Crippen LogP contribution in [0.5, 0.6) is 0 Å². The molecule has 6 heteroatoms. The van der Waals surface area contributed by atoms with E-state index in [1.165, 1.54) is 12.1 Å². The van der Waals surface area contributed by atoms with E-state index in [0.717, 1.165) is 0 Å². The Balaban J connectivity index is 2.53. The topological polar surface area (TPSA) is 87.7 Å². The van der Waals surface area contributed by atoms with Crippen LogP contribution < -0.4 is 11.1 Å². The van der Waals surface area contributed by atoms with Crippen molar-refractivity contribution in [3.63, 3.8) is 0 Å². The first-order valence-corrected chi connectivity index (χ1v) is 5.84. The van der Waals surface area contributed by atoms with Gasteiger partial charge in [-0.05, 0) is 17.7 Å². The second-order valence-electron chi connectivity index (χ2n) is 4.95. The molecule has 0 unspecified atom stereocenters. The number of amidine groups is 1. The minimum absolute atomic E-state index is 0.0403. The maximum Gasteiger partial charge on any atom is 0.224 e. The van der Waals surface area contributed by atoms with Crippen molar-refractivity contribution >= 4 is 11.7 Å². The summed E-state index contributed by atoms with van der Waals surface area (Å²) in [5.74, 6) is -0.578. The van der Waals surface area contributed by atoms with E-state index in [1.54, 1.807) is 26.0 Å². The molecule has 0 spiro atoms. The number of oxime groups is 1. The van der Waals surface area contributed by atoms with E-state index >= 15 is 0 Å². The first kappa shape index (κ1) is 14.9. The van der Waals surface area contributed by atoms with Gasteiger partial charge in [0.15, 0.2) is 0 Å². The number of nitrogens with two attached hydrogens (primary N) is 1. The number of nitrogens with one attached hydrogen (secondary N) is 1. The predicted octanol–water partition coefficient (Wildman–Crippen LogP) is 1.26. The molecule has 0 bridgehead atoms. The van der Waals surface area contributed by atoms with E-state index in [2.05, 4.69) is 10.5 Å². The normalized spacial score (nSPS) is 12.3. The van der Waals surface area contributed by atoms with Crippen LogP contribution in [-0.2, 0) is 11.2 Å². The molecule has 0 aliphatic rings. The second kappa shape index (κ2) is 6.17. The minimum atomic E-state index is -0.646. The quantitative estimate of drug-likeness (QED) is 0.325. The van der Waals surface area contributed by atoms with Gasteiger partial charge in [0.1, 0.15) is 11.7 Å². The van der Waals surface area contributed by atoms with Gasteiger partial charge in [0.2, 0.25) is 5.91 Å². The van der Waals surface area contributed by atoms with Gasteiger partial charge in [0.05, 0.1) is 6.42 Å². The van der Waals surface area contributed by atoms with E-state index < -0.39 is 5.41 Å². The molecular weight excluding hydrogens is 249 g/mol. The maximum atomic E-state index is 13.0. The van der Waals surface area contributed by atoms with Crippen LogP contribution in [0.25, 0.3) is 0 Å². The molecule has 1 aromatic rings. The van der Waals surface area contributed by atoms with Crippen molar-refractivity contribution in [1.82, 2.24) is 5.32 Å². The van der Waals surface area contributed by atoms with E-state index in [0.29, 0.717) is 5.56 Å². The zero-order chi connectivity index (χ0) is 14.5. The summed E-state index contributed by atoms with van der Waals surface area (Å²) in [6, 6.07) is 5.87. The largest absolute Gasteiger partial charge is 0.409 e. The fourth-order valence-corrected chi connectivity index (χ4v) is 1.44. The number of carbonyl (C=O) groups is 1. The summed E-state index contributed by atoms with van der Waals surface area (Å²) in [7, 11) is 0. The summed E-state index contributed by atoms with van der Waals surface area (Å²) >= 11 is 0. The number of hydrogen-bond acceptors (Lipinski definition) is 3. The van der Waals surface area contributed by atoms with Gasteiger partial charge < -0.3 is 16.3 Å². The molecule has 104 valence electrons. The summed E-state index contributed by atoms with van der Waals surface area (Å²) in [6.45, 7) is 3.71. The Bertz CT molecular complexity index is 487. The molecule has 19 heavy (non-hydrogen) atoms. The van der Waals surface area contributed by atoms with Crippen LogP contribution in [0.3, 0.4) is 0 Å². The number of rotatable bonds is 5. The van der Waals surface area contributed by atoms with Crippen molar-refractivity contribution in [3.05, 3.63) is 35.6 Å². The van der Waals surface area contributed by atoms with E-state index in [1.807, 2.05) is 0 Å². The lowest BCUT2D eigenvalue weighted by Gasteiger charge is -2.23. The minimum Gasteiger partial charge on any atom is -0.409 e. The Kier molecular flexibility index (Phi) is 4.86. The number of benzene rings is 1. The SMILES string of the molecule is CC(C)(CNC(=O)Cc1cccc(F)c1)/C(N)=N/O. The molecular formula is C13H18FN3O2. The van der Waals surface area contributed by atoms with E-state index in [9.17, 15) is 9.18 Å². The highest BCUT2D eigenvalue weighted by molar-refractivity contribution is 5.86. The number of amides is 1. The molecule has 0 atom stereocenters. The summed E-state index contributed by atoms with van der Waals surface area (Å²) in [6.07, 6.45) is 0.0873. The monoisotopic (exact) mass is 267 g/mol. The molecule has 1 rings (SSSR count). The first-order chi connectivity index (χ1) is 8.85. The molecule has 0 fully saturated rings. The Morgan fingerprint density at radius 2 is 2.21 bits per heavy atom. The molecule has 0 saturated heterocycles. The van der Waals surface area contributed by atoms with Gasteiger partial charge >= 0.3 is 0 Å². The molecule has 4 N–H and O–H groups in total. The van der Waals surface area contributed by atoms with E-state index in [4.69, 9.17) is 10.9 Å². The molecule has 0 radical (unpaired) electrons. The molecule has 0 aliphatic carbocycles. The van der Waals surface area contributed by atoms with Crippen LogP contribution in [0.1, 0.15) is 19.4 Å². The molecule has 0 aliphatic heterocycles. The number of halogens is 1. The molecule has 0 saturated carbocycles. The molecule has 5 nitrogen and oxygen atoms in total. The molecule has 1 aromatic carbocycles. The first-order valence-electron chi connectivity index (χ1n) is 5.84. The van der Waals surface area contributed by atoms with Crippen molar-refractivity contribution in [1.29, 1.82) is 0 Å². The van der Waals surface area contributed by atoms with Crippen LogP contribution in [0.4, 0.5) is 4.39 Å². The van der Waals surface area contributed by atoms with Crippen molar-refractivity contribution < 1.29 is 14.4 Å². The number of hydrogen-bond donors (Lipinski definition) is 3. The van der Waals surface area contributed by atoms with Crippen molar-refractivity contribution in [2.45, 2.75) is 20.3 Å². The summed E-state index contributed by atoms with van der Waals surface area (Å²) in [5, 5.41) is 14.2. The van der Waals surface area contributed by atoms with Crippen molar-refractivity contribution in [3.8, 4) is 0 Å². The van der Waals surface area contributed by atoms with Crippen LogP contribution in [0.15, 0.2) is 29.4 Å².